The third kappa shape index (κ3) is 6.00. The molecule has 0 spiro atoms. The van der Waals surface area contributed by atoms with Crippen molar-refractivity contribution in [2.75, 3.05) is 19.7 Å². The number of hydrogen-bond donors (Lipinski definition) is 1. The number of ether oxygens (including phenoxy) is 1. The van der Waals surface area contributed by atoms with Crippen LogP contribution in [0.2, 0.25) is 0 Å². The Kier molecular flexibility index (Phi) is 8.24. The number of carbonyl (C=O) groups is 3. The number of thioether (sulfide) groups is 1. The molecule has 1 aliphatic heterocycles. The van der Waals surface area contributed by atoms with Crippen LogP contribution < -0.4 is 10.2 Å². The minimum absolute atomic E-state index is 0.0275. The second-order valence-electron chi connectivity index (χ2n) is 7.20. The molecule has 0 radical (unpaired) electrons. The van der Waals surface area contributed by atoms with E-state index in [0.717, 1.165) is 27.9 Å². The van der Waals surface area contributed by atoms with E-state index in [0.29, 0.717) is 29.3 Å². The highest BCUT2D eigenvalue weighted by molar-refractivity contribution is 8.26. The summed E-state index contributed by atoms with van der Waals surface area (Å²) in [4.78, 5) is 39.5. The molecule has 3 rings (SSSR count). The van der Waals surface area contributed by atoms with Gasteiger partial charge in [0.2, 0.25) is 0 Å². The van der Waals surface area contributed by atoms with Crippen LogP contribution in [0.5, 0.6) is 5.75 Å². The van der Waals surface area contributed by atoms with E-state index in [-0.39, 0.29) is 16.8 Å². The molecule has 9 heteroatoms. The molecule has 0 aliphatic carbocycles. The first-order valence-electron chi connectivity index (χ1n) is 10.5. The Labute approximate surface area is 202 Å². The van der Waals surface area contributed by atoms with Crippen molar-refractivity contribution >= 4 is 52.1 Å². The van der Waals surface area contributed by atoms with Crippen molar-refractivity contribution in [2.24, 2.45) is 0 Å². The molecule has 172 valence electrons. The summed E-state index contributed by atoms with van der Waals surface area (Å²) in [5.41, 5.74) is 4.64. The summed E-state index contributed by atoms with van der Waals surface area (Å²) < 4.78 is 5.82. The molecule has 0 unspecified atom stereocenters. The van der Waals surface area contributed by atoms with Gasteiger partial charge in [-0.25, -0.2) is 0 Å². The zero-order chi connectivity index (χ0) is 24.0. The lowest BCUT2D eigenvalue weighted by Gasteiger charge is -2.18. The molecule has 0 atom stereocenters. The van der Waals surface area contributed by atoms with E-state index < -0.39 is 11.8 Å². The van der Waals surface area contributed by atoms with Gasteiger partial charge in [-0.15, -0.1) is 0 Å². The van der Waals surface area contributed by atoms with Crippen LogP contribution in [-0.4, -0.2) is 51.6 Å². The van der Waals surface area contributed by atoms with Crippen LogP contribution in [0.1, 0.15) is 35.3 Å². The van der Waals surface area contributed by atoms with Crippen LogP contribution >= 0.6 is 24.0 Å². The molecule has 0 saturated carbocycles. The molecule has 0 bridgehead atoms. The predicted octanol–water partition coefficient (Wildman–Crippen LogP) is 3.79. The van der Waals surface area contributed by atoms with Crippen molar-refractivity contribution in [2.45, 2.75) is 20.8 Å². The van der Waals surface area contributed by atoms with Crippen LogP contribution in [0.15, 0.2) is 53.4 Å². The van der Waals surface area contributed by atoms with E-state index in [1.807, 2.05) is 32.9 Å². The van der Waals surface area contributed by atoms with Crippen molar-refractivity contribution in [3.05, 3.63) is 70.1 Å². The molecule has 2 aromatic rings. The zero-order valence-corrected chi connectivity index (χ0v) is 20.3. The van der Waals surface area contributed by atoms with Crippen LogP contribution in [0.4, 0.5) is 0 Å². The second-order valence-corrected chi connectivity index (χ2v) is 8.87. The summed E-state index contributed by atoms with van der Waals surface area (Å²) in [6.45, 7) is 6.93. The van der Waals surface area contributed by atoms with E-state index >= 15 is 0 Å². The summed E-state index contributed by atoms with van der Waals surface area (Å²) in [6.07, 6.45) is 1.70. The Bertz CT molecular complexity index is 1100. The Balaban J connectivity index is 1.63. The molecule has 1 heterocycles. The molecule has 2 aromatic carbocycles. The lowest BCUT2D eigenvalue weighted by atomic mass is 10.1. The maximum atomic E-state index is 12.8. The standard InChI is InChI=1S/C24H25N3O4S2/c1-4-26(5-2)21(28)15-31-18-12-10-17(11-13-18)14-20-23(30)27(24(32)33-20)25-22(29)19-9-7-6-8-16(19)3/h6-14H,4-5,15H2,1-3H3,(H,25,29)/b20-14+. The SMILES string of the molecule is CCN(CC)C(=O)COc1ccc(/C=C2/SC(=S)N(NC(=O)c3ccccc3C)C2=O)cc1. The number of rotatable bonds is 8. The molecule has 1 fully saturated rings. The number of amides is 3. The average molecular weight is 484 g/mol. The number of hydrogen-bond acceptors (Lipinski definition) is 6. The van der Waals surface area contributed by atoms with E-state index in [2.05, 4.69) is 5.43 Å². The largest absolute Gasteiger partial charge is 0.484 e. The first kappa shape index (κ1) is 24.5. The predicted molar refractivity (Wildman–Crippen MR) is 134 cm³/mol. The van der Waals surface area contributed by atoms with Crippen molar-refractivity contribution in [3.8, 4) is 5.75 Å². The maximum absolute atomic E-state index is 12.8. The second kappa shape index (κ2) is 11.1. The van der Waals surface area contributed by atoms with Crippen molar-refractivity contribution in [1.82, 2.24) is 15.3 Å². The third-order valence-corrected chi connectivity index (χ3v) is 6.36. The molecule has 1 N–H and O–H groups in total. The van der Waals surface area contributed by atoms with Gasteiger partial charge in [-0.3, -0.25) is 19.8 Å². The van der Waals surface area contributed by atoms with Gasteiger partial charge in [0.25, 0.3) is 17.7 Å². The van der Waals surface area contributed by atoms with Crippen molar-refractivity contribution in [1.29, 1.82) is 0 Å². The highest BCUT2D eigenvalue weighted by Gasteiger charge is 2.34. The summed E-state index contributed by atoms with van der Waals surface area (Å²) in [6, 6.07) is 14.2. The third-order valence-electron chi connectivity index (χ3n) is 5.05. The fraction of sp³-hybridized carbons (Fsp3) is 0.250. The van der Waals surface area contributed by atoms with E-state index in [4.69, 9.17) is 17.0 Å². The molecule has 1 aliphatic rings. The Morgan fingerprint density at radius 1 is 1.12 bits per heavy atom. The first-order chi connectivity index (χ1) is 15.8. The van der Waals surface area contributed by atoms with Gasteiger partial charge in [0.05, 0.1) is 4.91 Å². The summed E-state index contributed by atoms with van der Waals surface area (Å²) in [5, 5.41) is 1.09. The number of nitrogens with one attached hydrogen (secondary N) is 1. The Morgan fingerprint density at radius 2 is 1.79 bits per heavy atom. The summed E-state index contributed by atoms with van der Waals surface area (Å²) in [5.74, 6) is -0.297. The molecule has 33 heavy (non-hydrogen) atoms. The van der Waals surface area contributed by atoms with Gasteiger partial charge in [-0.05, 0) is 68.4 Å². The Morgan fingerprint density at radius 3 is 2.42 bits per heavy atom. The van der Waals surface area contributed by atoms with Gasteiger partial charge >= 0.3 is 0 Å². The Hall–Kier alpha value is -3.17. The number of benzene rings is 2. The molecule has 7 nitrogen and oxygen atoms in total. The minimum atomic E-state index is -0.397. The van der Waals surface area contributed by atoms with Crippen LogP contribution in [0, 0.1) is 6.92 Å². The summed E-state index contributed by atoms with van der Waals surface area (Å²) in [7, 11) is 0. The number of hydrazine groups is 1. The number of aryl methyl sites for hydroxylation is 1. The average Bonchev–Trinajstić information content (AvgIpc) is 3.07. The monoisotopic (exact) mass is 483 g/mol. The zero-order valence-electron chi connectivity index (χ0n) is 18.7. The quantitative estimate of drug-likeness (QED) is 0.455. The molecular formula is C24H25N3O4S2. The van der Waals surface area contributed by atoms with E-state index in [1.165, 1.54) is 0 Å². The van der Waals surface area contributed by atoms with Crippen LogP contribution in [-0.2, 0) is 9.59 Å². The molecule has 0 aromatic heterocycles. The highest BCUT2D eigenvalue weighted by atomic mass is 32.2. The van der Waals surface area contributed by atoms with E-state index in [9.17, 15) is 14.4 Å². The van der Waals surface area contributed by atoms with Gasteiger partial charge in [0, 0.05) is 18.7 Å². The molecule has 1 saturated heterocycles. The number of likely N-dealkylation sites (N-methyl/N-ethyl adjacent to an activating group) is 1. The highest BCUT2D eigenvalue weighted by Crippen LogP contribution is 2.31. The smallest absolute Gasteiger partial charge is 0.285 e. The van der Waals surface area contributed by atoms with E-state index in [1.54, 1.807) is 47.4 Å². The molecule has 3 amide bonds. The van der Waals surface area contributed by atoms with Gasteiger partial charge in [0.1, 0.15) is 5.75 Å². The van der Waals surface area contributed by atoms with Gasteiger partial charge < -0.3 is 9.64 Å². The van der Waals surface area contributed by atoms with Crippen LogP contribution in [0.3, 0.4) is 0 Å². The van der Waals surface area contributed by atoms with Crippen molar-refractivity contribution < 1.29 is 19.1 Å². The topological polar surface area (TPSA) is 79.0 Å². The van der Waals surface area contributed by atoms with Crippen molar-refractivity contribution in [3.63, 3.8) is 0 Å². The molecular weight excluding hydrogens is 458 g/mol. The van der Waals surface area contributed by atoms with Gasteiger partial charge in [0.15, 0.2) is 10.9 Å². The lowest BCUT2D eigenvalue weighted by Crippen LogP contribution is -2.45. The minimum Gasteiger partial charge on any atom is -0.484 e. The number of carbonyl (C=O) groups excluding carboxylic acids is 3. The maximum Gasteiger partial charge on any atom is 0.285 e. The normalized spacial score (nSPS) is 14.5. The first-order valence-corrected chi connectivity index (χ1v) is 11.7. The van der Waals surface area contributed by atoms with Crippen LogP contribution in [0.25, 0.3) is 6.08 Å². The number of thiocarbonyl (C=S) groups is 1. The summed E-state index contributed by atoms with van der Waals surface area (Å²) >= 11 is 6.41. The van der Waals surface area contributed by atoms with Gasteiger partial charge in [-0.1, -0.05) is 42.1 Å². The number of nitrogens with zero attached hydrogens (tertiary/aromatic N) is 2. The lowest BCUT2D eigenvalue weighted by molar-refractivity contribution is -0.133. The van der Waals surface area contributed by atoms with Gasteiger partial charge in [-0.2, -0.15) is 5.01 Å². The fourth-order valence-electron chi connectivity index (χ4n) is 3.18. The fourth-order valence-corrected chi connectivity index (χ4v) is 4.36.